The fourth-order valence-electron chi connectivity index (χ4n) is 3.13. The molecule has 0 bridgehead atoms. The van der Waals surface area contributed by atoms with E-state index >= 15 is 0 Å². The maximum atomic E-state index is 12.1. The molecule has 0 aliphatic heterocycles. The van der Waals surface area contributed by atoms with Crippen molar-refractivity contribution < 1.29 is 9.53 Å². The molecule has 0 saturated heterocycles. The van der Waals surface area contributed by atoms with Gasteiger partial charge in [-0.3, -0.25) is 4.79 Å². The maximum Gasteiger partial charge on any atom is 0.224 e. The fourth-order valence-corrected chi connectivity index (χ4v) is 3.13. The molecule has 0 aromatic heterocycles. The Morgan fingerprint density at radius 2 is 1.90 bits per heavy atom. The SMILES string of the molecule is CCOC1CC(NC(=O)C(C)C(C)N)C1(CC)CC.Cl. The third kappa shape index (κ3) is 3.66. The smallest absolute Gasteiger partial charge is 0.224 e. The highest BCUT2D eigenvalue weighted by Crippen LogP contribution is 2.48. The summed E-state index contributed by atoms with van der Waals surface area (Å²) in [5.74, 6) is -0.0706. The first kappa shape index (κ1) is 19.7. The van der Waals surface area contributed by atoms with E-state index in [4.69, 9.17) is 10.5 Å². The van der Waals surface area contributed by atoms with Crippen molar-refractivity contribution >= 4 is 18.3 Å². The molecule has 1 amide bonds. The summed E-state index contributed by atoms with van der Waals surface area (Å²) in [6.07, 6.45) is 3.27. The quantitative estimate of drug-likeness (QED) is 0.759. The van der Waals surface area contributed by atoms with Crippen LogP contribution in [0.4, 0.5) is 0 Å². The first-order valence-corrected chi connectivity index (χ1v) is 7.60. The van der Waals surface area contributed by atoms with Crippen molar-refractivity contribution in [2.24, 2.45) is 17.1 Å². The van der Waals surface area contributed by atoms with E-state index in [1.165, 1.54) is 0 Å². The van der Waals surface area contributed by atoms with Crippen molar-refractivity contribution in [3.8, 4) is 0 Å². The topological polar surface area (TPSA) is 64.3 Å². The van der Waals surface area contributed by atoms with Crippen LogP contribution in [0.15, 0.2) is 0 Å². The van der Waals surface area contributed by atoms with Gasteiger partial charge in [0.2, 0.25) is 5.91 Å². The second-order valence-electron chi connectivity index (χ2n) is 5.83. The summed E-state index contributed by atoms with van der Waals surface area (Å²) in [6, 6.07) is 0.119. The van der Waals surface area contributed by atoms with Gasteiger partial charge in [0.25, 0.3) is 0 Å². The number of carbonyl (C=O) groups is 1. The van der Waals surface area contributed by atoms with Gasteiger partial charge in [0.05, 0.1) is 6.10 Å². The van der Waals surface area contributed by atoms with Gasteiger partial charge in [0, 0.05) is 30.0 Å². The number of hydrogen-bond donors (Lipinski definition) is 2. The van der Waals surface area contributed by atoms with Gasteiger partial charge >= 0.3 is 0 Å². The number of rotatable bonds is 7. The lowest BCUT2D eigenvalue weighted by Crippen LogP contribution is -2.65. The van der Waals surface area contributed by atoms with Crippen molar-refractivity contribution in [3.63, 3.8) is 0 Å². The van der Waals surface area contributed by atoms with E-state index in [9.17, 15) is 4.79 Å². The van der Waals surface area contributed by atoms with E-state index in [1.807, 2.05) is 20.8 Å². The van der Waals surface area contributed by atoms with Gasteiger partial charge in [-0.15, -0.1) is 12.4 Å². The van der Waals surface area contributed by atoms with E-state index in [1.54, 1.807) is 0 Å². The molecule has 0 aromatic carbocycles. The van der Waals surface area contributed by atoms with E-state index in [0.717, 1.165) is 25.9 Å². The molecule has 0 heterocycles. The standard InChI is InChI=1S/C15H30N2O2.ClH/c1-6-15(7-2)12(9-13(15)19-8-3)17-14(18)10(4)11(5)16;/h10-13H,6-9,16H2,1-5H3,(H,17,18);1H. The highest BCUT2D eigenvalue weighted by atomic mass is 35.5. The van der Waals surface area contributed by atoms with Crippen LogP contribution >= 0.6 is 12.4 Å². The summed E-state index contributed by atoms with van der Waals surface area (Å²) in [5.41, 5.74) is 5.89. The van der Waals surface area contributed by atoms with E-state index in [2.05, 4.69) is 19.2 Å². The van der Waals surface area contributed by atoms with Crippen LogP contribution in [-0.2, 0) is 9.53 Å². The Morgan fingerprint density at radius 1 is 1.35 bits per heavy atom. The van der Waals surface area contributed by atoms with Crippen LogP contribution in [0, 0.1) is 11.3 Å². The molecule has 1 rings (SSSR count). The van der Waals surface area contributed by atoms with Crippen LogP contribution in [0.1, 0.15) is 53.9 Å². The van der Waals surface area contributed by atoms with Crippen LogP contribution in [-0.4, -0.2) is 30.7 Å². The van der Waals surface area contributed by atoms with Gasteiger partial charge in [-0.25, -0.2) is 0 Å². The minimum atomic E-state index is -0.141. The van der Waals surface area contributed by atoms with E-state index < -0.39 is 0 Å². The van der Waals surface area contributed by atoms with Gasteiger partial charge in [-0.1, -0.05) is 20.8 Å². The molecule has 20 heavy (non-hydrogen) atoms. The summed E-state index contributed by atoms with van der Waals surface area (Å²) in [6.45, 7) is 10.9. The average molecular weight is 307 g/mol. The molecular weight excluding hydrogens is 276 g/mol. The second-order valence-corrected chi connectivity index (χ2v) is 5.83. The fraction of sp³-hybridized carbons (Fsp3) is 0.933. The van der Waals surface area contributed by atoms with Crippen LogP contribution in [0.2, 0.25) is 0 Å². The number of halogens is 1. The largest absolute Gasteiger partial charge is 0.378 e. The molecular formula is C15H31ClN2O2. The Balaban J connectivity index is 0.00000361. The monoisotopic (exact) mass is 306 g/mol. The average Bonchev–Trinajstić information content (AvgIpc) is 2.37. The van der Waals surface area contributed by atoms with Gasteiger partial charge in [0.1, 0.15) is 0 Å². The number of amides is 1. The summed E-state index contributed by atoms with van der Waals surface area (Å²) in [7, 11) is 0. The summed E-state index contributed by atoms with van der Waals surface area (Å²) < 4.78 is 5.82. The van der Waals surface area contributed by atoms with Crippen LogP contribution in [0.25, 0.3) is 0 Å². The Labute approximate surface area is 129 Å². The third-order valence-electron chi connectivity index (χ3n) is 4.99. The Morgan fingerprint density at radius 3 is 2.30 bits per heavy atom. The van der Waals surface area contributed by atoms with Crippen LogP contribution in [0.5, 0.6) is 0 Å². The van der Waals surface area contributed by atoms with Crippen LogP contribution in [0.3, 0.4) is 0 Å². The highest BCUT2D eigenvalue weighted by Gasteiger charge is 2.54. The van der Waals surface area contributed by atoms with Crippen molar-refractivity contribution in [1.82, 2.24) is 5.32 Å². The summed E-state index contributed by atoms with van der Waals surface area (Å²) >= 11 is 0. The summed E-state index contributed by atoms with van der Waals surface area (Å²) in [4.78, 5) is 12.1. The zero-order valence-electron chi connectivity index (χ0n) is 13.4. The van der Waals surface area contributed by atoms with Crippen LogP contribution < -0.4 is 11.1 Å². The lowest BCUT2D eigenvalue weighted by molar-refractivity contribution is -0.150. The minimum Gasteiger partial charge on any atom is -0.378 e. The Hall–Kier alpha value is -0.320. The first-order valence-electron chi connectivity index (χ1n) is 7.60. The lowest BCUT2D eigenvalue weighted by atomic mass is 9.58. The van der Waals surface area contributed by atoms with Gasteiger partial charge in [0.15, 0.2) is 0 Å². The first-order chi connectivity index (χ1) is 8.92. The predicted molar refractivity (Wildman–Crippen MR) is 85.0 cm³/mol. The molecule has 4 unspecified atom stereocenters. The molecule has 4 atom stereocenters. The molecule has 1 aliphatic carbocycles. The maximum absolute atomic E-state index is 12.1. The van der Waals surface area contributed by atoms with Gasteiger partial charge in [-0.2, -0.15) is 0 Å². The highest BCUT2D eigenvalue weighted by molar-refractivity contribution is 5.85. The molecule has 120 valence electrons. The lowest BCUT2D eigenvalue weighted by Gasteiger charge is -2.55. The number of nitrogens with one attached hydrogen (secondary N) is 1. The number of hydrogen-bond acceptors (Lipinski definition) is 3. The predicted octanol–water partition coefficient (Wildman–Crippen LogP) is 2.49. The second kappa shape index (κ2) is 8.20. The molecule has 1 aliphatic rings. The normalized spacial score (nSPS) is 26.9. The van der Waals surface area contributed by atoms with Crippen molar-refractivity contribution in [2.75, 3.05) is 6.61 Å². The van der Waals surface area contributed by atoms with Crippen molar-refractivity contribution in [1.29, 1.82) is 0 Å². The molecule has 1 fully saturated rings. The van der Waals surface area contributed by atoms with E-state index in [0.29, 0.717) is 0 Å². The zero-order chi connectivity index (χ0) is 14.6. The van der Waals surface area contributed by atoms with Gasteiger partial charge < -0.3 is 15.8 Å². The molecule has 0 aromatic rings. The number of carbonyl (C=O) groups excluding carboxylic acids is 1. The zero-order valence-corrected chi connectivity index (χ0v) is 14.3. The molecule has 0 spiro atoms. The third-order valence-corrected chi connectivity index (χ3v) is 4.99. The molecule has 4 nitrogen and oxygen atoms in total. The molecule has 3 N–H and O–H groups in total. The molecule has 0 radical (unpaired) electrons. The Kier molecular flexibility index (Phi) is 8.07. The van der Waals surface area contributed by atoms with E-state index in [-0.39, 0.29) is 47.8 Å². The van der Waals surface area contributed by atoms with Gasteiger partial charge in [-0.05, 0) is 33.1 Å². The summed E-state index contributed by atoms with van der Waals surface area (Å²) in [5, 5.41) is 3.18. The molecule has 1 saturated carbocycles. The molecule has 5 heteroatoms. The number of nitrogens with two attached hydrogens (primary N) is 1. The van der Waals surface area contributed by atoms with Crippen molar-refractivity contribution in [2.45, 2.75) is 72.1 Å². The van der Waals surface area contributed by atoms with Crippen molar-refractivity contribution in [3.05, 3.63) is 0 Å². The number of ether oxygens (including phenoxy) is 1. The Bertz CT molecular complexity index is 306. The minimum absolute atomic E-state index is 0.